The summed E-state index contributed by atoms with van der Waals surface area (Å²) in [6, 6.07) is 0.136. The zero-order chi connectivity index (χ0) is 15.7. The van der Waals surface area contributed by atoms with Crippen molar-refractivity contribution in [3.05, 3.63) is 34.9 Å². The first-order valence-corrected chi connectivity index (χ1v) is 4.72. The van der Waals surface area contributed by atoms with Crippen molar-refractivity contribution in [2.24, 2.45) is 0 Å². The molecule has 0 spiro atoms. The van der Waals surface area contributed by atoms with Gasteiger partial charge in [-0.25, -0.2) is 0 Å². The molecule has 0 saturated heterocycles. The minimum atomic E-state index is -5.12. The molecule has 0 radical (unpaired) electrons. The van der Waals surface area contributed by atoms with E-state index >= 15 is 0 Å². The van der Waals surface area contributed by atoms with E-state index in [1.807, 2.05) is 0 Å². The largest absolute Gasteiger partial charge is 0.538 e. The third-order valence-corrected chi connectivity index (χ3v) is 2.17. The molecule has 0 bridgehead atoms. The van der Waals surface area contributed by atoms with Crippen molar-refractivity contribution in [2.45, 2.75) is 12.4 Å². The minimum absolute atomic E-state index is 0.151. The van der Waals surface area contributed by atoms with E-state index in [1.165, 1.54) is 0 Å². The first kappa shape index (κ1) is 15.7. The molecule has 0 amide bonds. The second-order valence-corrected chi connectivity index (χ2v) is 3.54. The van der Waals surface area contributed by atoms with Crippen molar-refractivity contribution < 1.29 is 41.0 Å². The summed E-state index contributed by atoms with van der Waals surface area (Å²) >= 11 is 0. The Morgan fingerprint density at radius 3 is 1.65 bits per heavy atom. The maximum atomic E-state index is 12.5. The lowest BCUT2D eigenvalue weighted by Gasteiger charge is -2.12. The summed E-state index contributed by atoms with van der Waals surface area (Å²) in [5, 5.41) is 10.5. The number of rotatable bonds is 2. The highest BCUT2D eigenvalue weighted by Gasteiger charge is 2.38. The monoisotopic (exact) mass is 298 g/mol. The molecule has 1 aromatic rings. The second kappa shape index (κ2) is 4.97. The Balaban J connectivity index is 3.62. The molecule has 0 aliphatic heterocycles. The van der Waals surface area contributed by atoms with Gasteiger partial charge in [0.25, 0.3) is 0 Å². The van der Waals surface area contributed by atoms with Gasteiger partial charge in [0.15, 0.2) is 5.97 Å². The van der Waals surface area contributed by atoms with Crippen LogP contribution in [0.15, 0.2) is 18.2 Å². The lowest BCUT2D eigenvalue weighted by atomic mass is 10.0. The minimum Gasteiger partial charge on any atom is -0.538 e. The highest BCUT2D eigenvalue weighted by atomic mass is 19.4. The van der Waals surface area contributed by atoms with Gasteiger partial charge < -0.3 is 9.90 Å². The van der Waals surface area contributed by atoms with E-state index in [2.05, 4.69) is 4.79 Å². The van der Waals surface area contributed by atoms with E-state index < -0.39 is 40.7 Å². The van der Waals surface area contributed by atoms with E-state index in [0.29, 0.717) is 0 Å². The van der Waals surface area contributed by atoms with Gasteiger partial charge in [-0.05, 0) is 18.2 Å². The number of carbonyl (C=O) groups excluding carboxylic acids is 1. The van der Waals surface area contributed by atoms with E-state index in [0.717, 1.165) is 0 Å². The smallest absolute Gasteiger partial charge is 0.416 e. The number of aliphatic carboxylic acids is 1. The Hall–Kier alpha value is -2.35. The number of halogens is 6. The summed E-state index contributed by atoms with van der Waals surface area (Å²) in [6.07, 6.45) is -10.2. The molecular weight excluding hydrogens is 294 g/mol. The first-order valence-electron chi connectivity index (χ1n) is 4.72. The fraction of sp³-hybridized carbons (Fsp3) is 0.200. The molecule has 1 rings (SSSR count). The quantitative estimate of drug-likeness (QED) is 0.389. The van der Waals surface area contributed by atoms with Gasteiger partial charge in [0.05, 0.1) is 27.0 Å². The molecule has 108 valence electrons. The third-order valence-electron chi connectivity index (χ3n) is 2.17. The van der Waals surface area contributed by atoms with Crippen molar-refractivity contribution in [1.29, 1.82) is 5.53 Å². The molecule has 20 heavy (non-hydrogen) atoms. The highest BCUT2D eigenvalue weighted by molar-refractivity contribution is 6.39. The first-order chi connectivity index (χ1) is 8.96. The molecule has 0 fully saturated rings. The van der Waals surface area contributed by atoms with E-state index in [4.69, 9.17) is 5.53 Å². The SMILES string of the molecule is N=[N+]=C(C(=O)[O-])c1cc(C(F)(F)F)cc(C(F)(F)F)c1. The topological polar surface area (TPSA) is 78.1 Å². The van der Waals surface area contributed by atoms with E-state index in [-0.39, 0.29) is 18.2 Å². The number of carboxylic acids is 1. The molecule has 0 aromatic heterocycles. The molecule has 0 atom stereocenters. The number of hydrogen-bond acceptors (Lipinski definition) is 3. The lowest BCUT2D eigenvalue weighted by molar-refractivity contribution is -0.298. The average molecular weight is 298 g/mol. The summed E-state index contributed by atoms with van der Waals surface area (Å²) in [7, 11) is 0. The molecule has 0 saturated carbocycles. The van der Waals surface area contributed by atoms with Gasteiger partial charge in [0.1, 0.15) is 0 Å². The number of benzene rings is 1. The van der Waals surface area contributed by atoms with Crippen molar-refractivity contribution in [1.82, 2.24) is 0 Å². The van der Waals surface area contributed by atoms with Gasteiger partial charge in [-0.2, -0.15) is 26.3 Å². The van der Waals surface area contributed by atoms with Gasteiger partial charge in [-0.3, -0.25) is 0 Å². The van der Waals surface area contributed by atoms with Gasteiger partial charge in [-0.15, -0.1) is 0 Å². The summed E-state index contributed by atoms with van der Waals surface area (Å²) in [4.78, 5) is 12.9. The standard InChI is InChI=1S/C10H4F6N2O2/c11-9(12,13)5-1-4(7(18-17)8(19)20)2-6(3-5)10(14,15)16/h1-3,17H. The number of carbonyl (C=O) groups is 1. The van der Waals surface area contributed by atoms with Gasteiger partial charge in [0.2, 0.25) is 0 Å². The summed E-state index contributed by atoms with van der Waals surface area (Å²) in [5.74, 6) is -2.16. The normalized spacial score (nSPS) is 11.9. The molecule has 10 heteroatoms. The Labute approximate surface area is 106 Å². The van der Waals surface area contributed by atoms with Crippen molar-refractivity contribution in [3.8, 4) is 0 Å². The molecule has 0 aliphatic rings. The number of carboxylic acid groups (broad SMARTS) is 1. The van der Waals surface area contributed by atoms with E-state index in [1.54, 1.807) is 0 Å². The Morgan fingerprint density at radius 2 is 1.40 bits per heavy atom. The third kappa shape index (κ3) is 3.35. The van der Waals surface area contributed by atoms with Crippen LogP contribution in [-0.2, 0) is 17.1 Å². The molecular formula is C10H4F6N2O2. The molecule has 1 aromatic carbocycles. The van der Waals surface area contributed by atoms with Crippen LogP contribution >= 0.6 is 0 Å². The molecule has 4 nitrogen and oxygen atoms in total. The van der Waals surface area contributed by atoms with Crippen LogP contribution in [0.25, 0.3) is 0 Å². The van der Waals surface area contributed by atoms with Crippen LogP contribution in [0, 0.1) is 5.53 Å². The maximum Gasteiger partial charge on any atom is 0.416 e. The van der Waals surface area contributed by atoms with Crippen molar-refractivity contribution in [2.75, 3.05) is 0 Å². The molecule has 0 aliphatic carbocycles. The highest BCUT2D eigenvalue weighted by Crippen LogP contribution is 2.36. The Kier molecular flexibility index (Phi) is 3.90. The van der Waals surface area contributed by atoms with Crippen LogP contribution in [0.5, 0.6) is 0 Å². The van der Waals surface area contributed by atoms with Crippen LogP contribution in [0.2, 0.25) is 0 Å². The number of alkyl halides is 6. The summed E-state index contributed by atoms with van der Waals surface area (Å²) in [6.45, 7) is 0. The van der Waals surface area contributed by atoms with E-state index in [9.17, 15) is 36.2 Å². The van der Waals surface area contributed by atoms with Gasteiger partial charge >= 0.3 is 18.1 Å². The number of hydrogen-bond donors (Lipinski definition) is 1. The van der Waals surface area contributed by atoms with Crippen LogP contribution in [-0.4, -0.2) is 16.5 Å². The van der Waals surface area contributed by atoms with Crippen LogP contribution in [0.3, 0.4) is 0 Å². The second-order valence-electron chi connectivity index (χ2n) is 3.54. The summed E-state index contributed by atoms with van der Waals surface area (Å²) in [5.41, 5.74) is 0.734. The molecule has 0 unspecified atom stereocenters. The van der Waals surface area contributed by atoms with Crippen LogP contribution < -0.4 is 5.11 Å². The fourth-order valence-corrected chi connectivity index (χ4v) is 1.32. The predicted octanol–water partition coefficient (Wildman–Crippen LogP) is 1.50. The average Bonchev–Trinajstić information content (AvgIpc) is 2.26. The zero-order valence-electron chi connectivity index (χ0n) is 9.26. The fourth-order valence-electron chi connectivity index (χ4n) is 1.32. The molecule has 1 N–H and O–H groups in total. The Morgan fingerprint density at radius 1 is 1.00 bits per heavy atom. The van der Waals surface area contributed by atoms with Crippen molar-refractivity contribution >= 4 is 11.7 Å². The lowest BCUT2D eigenvalue weighted by Crippen LogP contribution is -2.33. The number of nitrogens with one attached hydrogen (secondary N) is 1. The Bertz CT molecular complexity index is 566. The summed E-state index contributed by atoms with van der Waals surface area (Å²) < 4.78 is 74.9. The molecule has 0 heterocycles. The van der Waals surface area contributed by atoms with Crippen molar-refractivity contribution in [3.63, 3.8) is 0 Å². The van der Waals surface area contributed by atoms with Gasteiger partial charge in [-0.1, -0.05) is 0 Å². The maximum absolute atomic E-state index is 12.5. The predicted molar refractivity (Wildman–Crippen MR) is 48.5 cm³/mol. The zero-order valence-corrected chi connectivity index (χ0v) is 9.26. The van der Waals surface area contributed by atoms with Gasteiger partial charge in [0, 0.05) is 0 Å². The van der Waals surface area contributed by atoms with Crippen LogP contribution in [0.4, 0.5) is 26.3 Å². The van der Waals surface area contributed by atoms with Crippen LogP contribution in [0.1, 0.15) is 16.7 Å². The number of nitrogens with zero attached hydrogens (tertiary/aromatic N) is 1.